The molecule has 0 aliphatic heterocycles. The molecule has 0 amide bonds. The number of aromatic nitrogens is 1. The van der Waals surface area contributed by atoms with Gasteiger partial charge in [0.1, 0.15) is 6.07 Å². The molecule has 4 rings (SSSR count). The van der Waals surface area contributed by atoms with Crippen LogP contribution >= 0.6 is 0 Å². The van der Waals surface area contributed by atoms with E-state index in [4.69, 9.17) is 4.42 Å². The minimum absolute atomic E-state index is 0.279. The number of hydrogen-bond donors (Lipinski definition) is 1. The molecular formula is C22H17N3O. The van der Waals surface area contributed by atoms with Crippen molar-refractivity contribution in [1.29, 1.82) is 5.26 Å². The second-order valence-corrected chi connectivity index (χ2v) is 5.99. The number of fused-ring (bicyclic) bond motifs is 1. The van der Waals surface area contributed by atoms with Gasteiger partial charge in [-0.25, -0.2) is 0 Å². The molecule has 4 heteroatoms. The molecule has 1 aromatic heterocycles. The van der Waals surface area contributed by atoms with Crippen molar-refractivity contribution in [3.8, 4) is 17.5 Å². The highest BCUT2D eigenvalue weighted by Gasteiger charge is 2.14. The zero-order chi connectivity index (χ0) is 17.8. The van der Waals surface area contributed by atoms with Gasteiger partial charge >= 0.3 is 0 Å². The van der Waals surface area contributed by atoms with Crippen molar-refractivity contribution in [2.45, 2.75) is 6.42 Å². The van der Waals surface area contributed by atoms with E-state index < -0.39 is 0 Å². The lowest BCUT2D eigenvalue weighted by atomic mass is 10.0. The van der Waals surface area contributed by atoms with Crippen molar-refractivity contribution in [2.24, 2.45) is 0 Å². The third-order valence-corrected chi connectivity index (χ3v) is 4.31. The van der Waals surface area contributed by atoms with Gasteiger partial charge in [-0.3, -0.25) is 0 Å². The van der Waals surface area contributed by atoms with E-state index in [0.717, 1.165) is 12.0 Å². The molecular weight excluding hydrogens is 322 g/mol. The number of oxazole rings is 1. The molecule has 0 atom stereocenters. The van der Waals surface area contributed by atoms with Crippen molar-refractivity contribution in [3.05, 3.63) is 84.1 Å². The van der Waals surface area contributed by atoms with Gasteiger partial charge in [-0.2, -0.15) is 10.2 Å². The molecule has 1 heterocycles. The summed E-state index contributed by atoms with van der Waals surface area (Å²) in [5.74, 6) is 0.876. The maximum Gasteiger partial charge on any atom is 0.232 e. The van der Waals surface area contributed by atoms with Gasteiger partial charge in [-0.05, 0) is 34.9 Å². The van der Waals surface area contributed by atoms with E-state index in [-0.39, 0.29) is 5.69 Å². The van der Waals surface area contributed by atoms with Gasteiger partial charge in [0.25, 0.3) is 0 Å². The highest BCUT2D eigenvalue weighted by molar-refractivity contribution is 5.85. The fraction of sp³-hybridized carbons (Fsp3) is 0.0909. The summed E-state index contributed by atoms with van der Waals surface area (Å²) in [4.78, 5) is 4.28. The average Bonchev–Trinajstić information content (AvgIpc) is 3.12. The normalized spacial score (nSPS) is 10.6. The maximum atomic E-state index is 9.32. The smallest absolute Gasteiger partial charge is 0.232 e. The topological polar surface area (TPSA) is 61.9 Å². The van der Waals surface area contributed by atoms with Gasteiger partial charge in [0, 0.05) is 12.1 Å². The third kappa shape index (κ3) is 3.15. The zero-order valence-electron chi connectivity index (χ0n) is 14.1. The van der Waals surface area contributed by atoms with Crippen molar-refractivity contribution >= 4 is 16.7 Å². The number of hydrogen-bond acceptors (Lipinski definition) is 4. The highest BCUT2D eigenvalue weighted by Crippen LogP contribution is 2.25. The first-order valence-electron chi connectivity index (χ1n) is 8.52. The highest BCUT2D eigenvalue weighted by atomic mass is 16.4. The van der Waals surface area contributed by atoms with Crippen LogP contribution in [-0.4, -0.2) is 11.5 Å². The van der Waals surface area contributed by atoms with Gasteiger partial charge in [-0.15, -0.1) is 0 Å². The molecule has 4 aromatic rings. The van der Waals surface area contributed by atoms with Crippen LogP contribution < -0.4 is 5.32 Å². The molecule has 0 aliphatic rings. The largest absolute Gasteiger partial charge is 0.419 e. The Kier molecular flexibility index (Phi) is 4.36. The van der Waals surface area contributed by atoms with E-state index in [1.807, 2.05) is 36.4 Å². The van der Waals surface area contributed by atoms with E-state index in [1.165, 1.54) is 16.3 Å². The predicted octanol–water partition coefficient (Wildman–Crippen LogP) is 5.02. The number of rotatable bonds is 5. The van der Waals surface area contributed by atoms with Crippen molar-refractivity contribution in [1.82, 2.24) is 4.98 Å². The summed E-state index contributed by atoms with van der Waals surface area (Å²) in [6.45, 7) is 0.659. The number of benzene rings is 3. The Bertz CT molecular complexity index is 1070. The van der Waals surface area contributed by atoms with E-state index in [0.29, 0.717) is 18.3 Å². The lowest BCUT2D eigenvalue weighted by Gasteiger charge is -2.07. The molecule has 0 bridgehead atoms. The van der Waals surface area contributed by atoms with E-state index in [1.54, 1.807) is 0 Å². The second kappa shape index (κ2) is 7.12. The first-order valence-corrected chi connectivity index (χ1v) is 8.52. The number of anilines is 1. The second-order valence-electron chi connectivity index (χ2n) is 5.99. The first-order chi connectivity index (χ1) is 12.8. The SMILES string of the molecule is N#Cc1nc(-c2ccccc2)oc1NCCc1cccc2ccccc12. The molecule has 126 valence electrons. The average molecular weight is 339 g/mol. The Hall–Kier alpha value is -3.58. The maximum absolute atomic E-state index is 9.32. The quantitative estimate of drug-likeness (QED) is 0.554. The third-order valence-electron chi connectivity index (χ3n) is 4.31. The van der Waals surface area contributed by atoms with Gasteiger partial charge < -0.3 is 9.73 Å². The monoisotopic (exact) mass is 339 g/mol. The molecule has 0 saturated heterocycles. The Balaban J connectivity index is 1.51. The van der Waals surface area contributed by atoms with Crippen LogP contribution in [0.3, 0.4) is 0 Å². The molecule has 4 nitrogen and oxygen atoms in total. The molecule has 26 heavy (non-hydrogen) atoms. The predicted molar refractivity (Wildman–Crippen MR) is 103 cm³/mol. The van der Waals surface area contributed by atoms with Crippen LogP contribution in [0.4, 0.5) is 5.88 Å². The van der Waals surface area contributed by atoms with Crippen molar-refractivity contribution in [2.75, 3.05) is 11.9 Å². The fourth-order valence-corrected chi connectivity index (χ4v) is 3.04. The molecule has 0 aliphatic carbocycles. The summed E-state index contributed by atoms with van der Waals surface area (Å²) >= 11 is 0. The molecule has 0 unspecified atom stereocenters. The Morgan fingerprint density at radius 2 is 1.69 bits per heavy atom. The number of nitrogens with one attached hydrogen (secondary N) is 1. The summed E-state index contributed by atoms with van der Waals surface area (Å²) in [7, 11) is 0. The van der Waals surface area contributed by atoms with Crippen LogP contribution in [0.1, 0.15) is 11.3 Å². The van der Waals surface area contributed by atoms with Crippen LogP contribution in [0, 0.1) is 11.3 Å². The van der Waals surface area contributed by atoms with Crippen LogP contribution in [0.2, 0.25) is 0 Å². The summed E-state index contributed by atoms with van der Waals surface area (Å²) < 4.78 is 5.77. The zero-order valence-corrected chi connectivity index (χ0v) is 14.1. The van der Waals surface area contributed by atoms with Crippen LogP contribution in [0.15, 0.2) is 77.2 Å². The van der Waals surface area contributed by atoms with E-state index in [9.17, 15) is 5.26 Å². The Morgan fingerprint density at radius 1 is 0.923 bits per heavy atom. The van der Waals surface area contributed by atoms with E-state index in [2.05, 4.69) is 52.8 Å². The van der Waals surface area contributed by atoms with Gasteiger partial charge in [0.15, 0.2) is 0 Å². The minimum Gasteiger partial charge on any atom is -0.419 e. The number of nitriles is 1. The molecule has 0 saturated carbocycles. The van der Waals surface area contributed by atoms with Crippen LogP contribution in [-0.2, 0) is 6.42 Å². The minimum atomic E-state index is 0.279. The summed E-state index contributed by atoms with van der Waals surface area (Å²) in [5.41, 5.74) is 2.39. The van der Waals surface area contributed by atoms with Gasteiger partial charge in [-0.1, -0.05) is 60.7 Å². The molecule has 0 spiro atoms. The Morgan fingerprint density at radius 3 is 2.54 bits per heavy atom. The Labute approximate surface area is 151 Å². The summed E-state index contributed by atoms with van der Waals surface area (Å²) in [6.07, 6.45) is 0.827. The van der Waals surface area contributed by atoms with Gasteiger partial charge in [0.05, 0.1) is 0 Å². The standard InChI is InChI=1S/C22H17N3O/c23-15-20-22(26-21(25-20)18-8-2-1-3-9-18)24-14-13-17-11-6-10-16-7-4-5-12-19(16)17/h1-12,24H,13-14H2. The van der Waals surface area contributed by atoms with Crippen LogP contribution in [0.5, 0.6) is 0 Å². The molecule has 3 aromatic carbocycles. The lowest BCUT2D eigenvalue weighted by Crippen LogP contribution is -2.05. The molecule has 0 fully saturated rings. The molecule has 1 N–H and O–H groups in total. The first kappa shape index (κ1) is 15.9. The number of nitrogens with zero attached hydrogens (tertiary/aromatic N) is 2. The lowest BCUT2D eigenvalue weighted by molar-refractivity contribution is 0.585. The summed E-state index contributed by atoms with van der Waals surface area (Å²) in [5, 5.41) is 15.0. The fourth-order valence-electron chi connectivity index (χ4n) is 3.04. The summed E-state index contributed by atoms with van der Waals surface area (Å²) in [6, 6.07) is 26.3. The van der Waals surface area contributed by atoms with Gasteiger partial charge in [0.2, 0.25) is 17.5 Å². The van der Waals surface area contributed by atoms with Crippen molar-refractivity contribution in [3.63, 3.8) is 0 Å². The molecule has 0 radical (unpaired) electrons. The van der Waals surface area contributed by atoms with E-state index >= 15 is 0 Å². The van der Waals surface area contributed by atoms with Crippen LogP contribution in [0.25, 0.3) is 22.2 Å². The van der Waals surface area contributed by atoms with Crippen molar-refractivity contribution < 1.29 is 4.42 Å².